The Kier molecular flexibility index (Phi) is 6.62. The standard InChI is InChI=1S/C12H16Cl2N2O2S/c1-8(5-6-19(2)18)15-12(17)16-11-7-9(13)3-4-10(11)14/h3-4,7-8H,5-6H2,1-2H3,(H2,15,16,17)/t8-,19+/m0/s1. The van der Waals surface area contributed by atoms with E-state index in [1.165, 1.54) is 0 Å². The van der Waals surface area contributed by atoms with Crippen molar-refractivity contribution in [1.29, 1.82) is 0 Å². The zero-order valence-corrected chi connectivity index (χ0v) is 13.0. The van der Waals surface area contributed by atoms with Gasteiger partial charge in [0.2, 0.25) is 0 Å². The van der Waals surface area contributed by atoms with Crippen molar-refractivity contribution in [1.82, 2.24) is 5.32 Å². The van der Waals surface area contributed by atoms with Gasteiger partial charge in [0.15, 0.2) is 0 Å². The fraction of sp³-hybridized carbons (Fsp3) is 0.417. The van der Waals surface area contributed by atoms with Crippen molar-refractivity contribution in [2.45, 2.75) is 19.4 Å². The van der Waals surface area contributed by atoms with Gasteiger partial charge in [0.05, 0.1) is 10.7 Å². The molecule has 1 aromatic carbocycles. The fourth-order valence-electron chi connectivity index (χ4n) is 1.39. The van der Waals surface area contributed by atoms with E-state index in [2.05, 4.69) is 10.6 Å². The summed E-state index contributed by atoms with van der Waals surface area (Å²) in [6.45, 7) is 1.85. The van der Waals surface area contributed by atoms with Crippen LogP contribution in [0.25, 0.3) is 0 Å². The number of nitrogens with one attached hydrogen (secondary N) is 2. The number of anilines is 1. The van der Waals surface area contributed by atoms with Crippen LogP contribution < -0.4 is 10.6 Å². The van der Waals surface area contributed by atoms with E-state index in [-0.39, 0.29) is 12.1 Å². The average molecular weight is 323 g/mol. The number of hydrogen-bond acceptors (Lipinski definition) is 2. The van der Waals surface area contributed by atoms with E-state index in [0.717, 1.165) is 0 Å². The van der Waals surface area contributed by atoms with Crippen LogP contribution in [0, 0.1) is 0 Å². The minimum Gasteiger partial charge on any atom is -0.335 e. The van der Waals surface area contributed by atoms with Crippen molar-refractivity contribution in [2.75, 3.05) is 17.3 Å². The van der Waals surface area contributed by atoms with Gasteiger partial charge in [-0.15, -0.1) is 0 Å². The molecule has 2 N–H and O–H groups in total. The van der Waals surface area contributed by atoms with Gasteiger partial charge in [0.1, 0.15) is 0 Å². The van der Waals surface area contributed by atoms with Gasteiger partial charge in [-0.25, -0.2) is 4.79 Å². The molecule has 0 fully saturated rings. The Morgan fingerprint density at radius 2 is 2.11 bits per heavy atom. The number of carbonyl (C=O) groups is 1. The Labute approximate surface area is 125 Å². The molecule has 0 saturated heterocycles. The number of rotatable bonds is 5. The molecule has 0 radical (unpaired) electrons. The summed E-state index contributed by atoms with van der Waals surface area (Å²) in [5, 5.41) is 6.28. The average Bonchev–Trinajstić information content (AvgIpc) is 2.31. The molecule has 0 heterocycles. The van der Waals surface area contributed by atoms with Crippen LogP contribution >= 0.6 is 23.2 Å². The Morgan fingerprint density at radius 3 is 2.74 bits per heavy atom. The molecule has 0 aromatic heterocycles. The highest BCUT2D eigenvalue weighted by atomic mass is 35.5. The molecule has 19 heavy (non-hydrogen) atoms. The van der Waals surface area contributed by atoms with E-state index < -0.39 is 10.8 Å². The predicted molar refractivity (Wildman–Crippen MR) is 81.6 cm³/mol. The van der Waals surface area contributed by atoms with E-state index in [0.29, 0.717) is 27.9 Å². The summed E-state index contributed by atoms with van der Waals surface area (Å²) in [5.41, 5.74) is 0.456. The maximum atomic E-state index is 11.7. The third-order valence-corrected chi connectivity index (χ3v) is 3.77. The molecule has 1 aromatic rings. The van der Waals surface area contributed by atoms with Crippen molar-refractivity contribution < 1.29 is 9.00 Å². The Hall–Kier alpha value is -0.780. The molecule has 0 bridgehead atoms. The van der Waals surface area contributed by atoms with Crippen molar-refractivity contribution >= 4 is 45.7 Å². The molecule has 2 amide bonds. The molecule has 0 aliphatic carbocycles. The van der Waals surface area contributed by atoms with E-state index in [4.69, 9.17) is 23.2 Å². The maximum Gasteiger partial charge on any atom is 0.319 e. The van der Waals surface area contributed by atoms with Gasteiger partial charge in [-0.1, -0.05) is 23.2 Å². The monoisotopic (exact) mass is 322 g/mol. The first kappa shape index (κ1) is 16.3. The molecule has 0 saturated carbocycles. The Morgan fingerprint density at radius 1 is 1.42 bits per heavy atom. The third kappa shape index (κ3) is 6.27. The zero-order chi connectivity index (χ0) is 14.4. The maximum absolute atomic E-state index is 11.7. The van der Waals surface area contributed by atoms with Crippen LogP contribution in [0.5, 0.6) is 0 Å². The van der Waals surface area contributed by atoms with Crippen LogP contribution in [0.15, 0.2) is 18.2 Å². The second-order valence-electron chi connectivity index (χ2n) is 4.19. The summed E-state index contributed by atoms with van der Waals surface area (Å²) in [4.78, 5) is 11.7. The highest BCUT2D eigenvalue weighted by molar-refractivity contribution is 7.84. The Bertz CT molecular complexity index is 483. The number of benzene rings is 1. The lowest BCUT2D eigenvalue weighted by atomic mass is 10.2. The molecular formula is C12H16Cl2N2O2S. The number of hydrogen-bond donors (Lipinski definition) is 2. The van der Waals surface area contributed by atoms with Gasteiger partial charge >= 0.3 is 6.03 Å². The van der Waals surface area contributed by atoms with E-state index in [1.54, 1.807) is 24.5 Å². The van der Waals surface area contributed by atoms with E-state index in [9.17, 15) is 9.00 Å². The molecule has 4 nitrogen and oxygen atoms in total. The second-order valence-corrected chi connectivity index (χ2v) is 6.59. The fourth-order valence-corrected chi connectivity index (χ4v) is 2.41. The van der Waals surface area contributed by atoms with Gasteiger partial charge in [-0.05, 0) is 31.5 Å². The van der Waals surface area contributed by atoms with E-state index in [1.807, 2.05) is 6.92 Å². The first-order chi connectivity index (χ1) is 8.88. The predicted octanol–water partition coefficient (Wildman–Crippen LogP) is 3.27. The summed E-state index contributed by atoms with van der Waals surface area (Å²) in [5.74, 6) is 0.555. The molecule has 106 valence electrons. The first-order valence-electron chi connectivity index (χ1n) is 5.71. The smallest absolute Gasteiger partial charge is 0.319 e. The van der Waals surface area contributed by atoms with Crippen LogP contribution in [0.1, 0.15) is 13.3 Å². The van der Waals surface area contributed by atoms with Gasteiger partial charge in [-0.2, -0.15) is 0 Å². The van der Waals surface area contributed by atoms with Gasteiger partial charge in [0.25, 0.3) is 0 Å². The molecule has 7 heteroatoms. The lowest BCUT2D eigenvalue weighted by Crippen LogP contribution is -2.36. The summed E-state index contributed by atoms with van der Waals surface area (Å²) in [6, 6.07) is 4.41. The lowest BCUT2D eigenvalue weighted by molar-refractivity contribution is 0.249. The molecule has 0 spiro atoms. The quantitative estimate of drug-likeness (QED) is 0.874. The van der Waals surface area contributed by atoms with Crippen LogP contribution in [0.2, 0.25) is 10.0 Å². The lowest BCUT2D eigenvalue weighted by Gasteiger charge is -2.14. The van der Waals surface area contributed by atoms with Crippen molar-refractivity contribution in [3.63, 3.8) is 0 Å². The minimum atomic E-state index is -0.856. The number of amides is 2. The topological polar surface area (TPSA) is 58.2 Å². The highest BCUT2D eigenvalue weighted by Crippen LogP contribution is 2.25. The Balaban J connectivity index is 2.50. The van der Waals surface area contributed by atoms with Crippen LogP contribution in [0.4, 0.5) is 10.5 Å². The van der Waals surface area contributed by atoms with Crippen molar-refractivity contribution in [3.05, 3.63) is 28.2 Å². The molecule has 0 aliphatic heterocycles. The van der Waals surface area contributed by atoms with Crippen LogP contribution in [-0.4, -0.2) is 28.3 Å². The summed E-state index contributed by atoms with van der Waals surface area (Å²) in [7, 11) is -0.856. The normalized spacial score (nSPS) is 13.7. The molecule has 1 rings (SSSR count). The first-order valence-corrected chi connectivity index (χ1v) is 8.19. The minimum absolute atomic E-state index is 0.0677. The highest BCUT2D eigenvalue weighted by Gasteiger charge is 2.10. The van der Waals surface area contributed by atoms with Crippen molar-refractivity contribution in [3.8, 4) is 0 Å². The van der Waals surface area contributed by atoms with Gasteiger partial charge in [-0.3, -0.25) is 4.21 Å². The van der Waals surface area contributed by atoms with Gasteiger partial charge < -0.3 is 10.6 Å². The number of urea groups is 1. The van der Waals surface area contributed by atoms with E-state index >= 15 is 0 Å². The van der Waals surface area contributed by atoms with Crippen LogP contribution in [0.3, 0.4) is 0 Å². The SMILES string of the molecule is C[C@@H](CC[S@@](C)=O)NC(=O)Nc1cc(Cl)ccc1Cl. The zero-order valence-electron chi connectivity index (χ0n) is 10.7. The molecule has 0 aliphatic rings. The van der Waals surface area contributed by atoms with Crippen molar-refractivity contribution in [2.24, 2.45) is 0 Å². The number of halogens is 2. The molecular weight excluding hydrogens is 307 g/mol. The largest absolute Gasteiger partial charge is 0.335 e. The second kappa shape index (κ2) is 7.72. The van der Waals surface area contributed by atoms with Gasteiger partial charge in [0, 0.05) is 33.9 Å². The van der Waals surface area contributed by atoms with Crippen LogP contribution in [-0.2, 0) is 10.8 Å². The summed E-state index contributed by atoms with van der Waals surface area (Å²) < 4.78 is 11.0. The summed E-state index contributed by atoms with van der Waals surface area (Å²) >= 11 is 11.8. The molecule has 2 atom stereocenters. The third-order valence-electron chi connectivity index (χ3n) is 2.39. The summed E-state index contributed by atoms with van der Waals surface area (Å²) in [6.07, 6.45) is 2.29. The molecule has 0 unspecified atom stereocenters. The number of carbonyl (C=O) groups excluding carboxylic acids is 1.